The van der Waals surface area contributed by atoms with E-state index in [1.165, 1.54) is 0 Å². The van der Waals surface area contributed by atoms with Crippen molar-refractivity contribution < 1.29 is 4.74 Å². The van der Waals surface area contributed by atoms with Crippen molar-refractivity contribution in [1.29, 1.82) is 0 Å². The summed E-state index contributed by atoms with van der Waals surface area (Å²) in [5, 5.41) is 0.556. The highest BCUT2D eigenvalue weighted by atomic mass is 35.5. The van der Waals surface area contributed by atoms with Crippen molar-refractivity contribution in [3.8, 4) is 16.9 Å². The van der Waals surface area contributed by atoms with Crippen LogP contribution in [-0.4, -0.2) is 27.1 Å². The molecule has 2 aromatic heterocycles. The minimum Gasteiger partial charge on any atom is -0.490 e. The Balaban J connectivity index is 1.83. The van der Waals surface area contributed by atoms with Gasteiger partial charge in [-0.2, -0.15) is 0 Å². The van der Waals surface area contributed by atoms with Crippen LogP contribution in [0.5, 0.6) is 5.75 Å². The quantitative estimate of drug-likeness (QED) is 0.655. The lowest BCUT2D eigenvalue weighted by molar-refractivity contribution is 0.207. The highest BCUT2D eigenvalue weighted by molar-refractivity contribution is 6.32. The summed E-state index contributed by atoms with van der Waals surface area (Å²) in [6.45, 7) is 8.64. The molecule has 2 heterocycles. The minimum atomic E-state index is -0.389. The summed E-state index contributed by atoms with van der Waals surface area (Å²) in [6.07, 6.45) is 2.65. The Morgan fingerprint density at radius 1 is 1.31 bits per heavy atom. The molecule has 0 saturated heterocycles. The number of rotatable bonds is 6. The predicted octanol–water partition coefficient (Wildman–Crippen LogP) is 4.73. The van der Waals surface area contributed by atoms with E-state index in [9.17, 15) is 0 Å². The van der Waals surface area contributed by atoms with Gasteiger partial charge in [0, 0.05) is 17.3 Å². The van der Waals surface area contributed by atoms with Crippen molar-refractivity contribution in [3.05, 3.63) is 41.3 Å². The molecule has 138 valence electrons. The first kappa shape index (κ1) is 18.7. The van der Waals surface area contributed by atoms with Crippen LogP contribution in [0.2, 0.25) is 5.02 Å². The Hall–Kier alpha value is -2.11. The summed E-state index contributed by atoms with van der Waals surface area (Å²) >= 11 is 6.46. The second kappa shape index (κ2) is 7.25. The molecule has 0 aliphatic rings. The van der Waals surface area contributed by atoms with Gasteiger partial charge in [0.1, 0.15) is 23.7 Å². The number of aryl methyl sites for hydroxylation is 1. The number of nitrogens with zero attached hydrogens (tertiary/aromatic N) is 2. The Morgan fingerprint density at radius 2 is 2.08 bits per heavy atom. The van der Waals surface area contributed by atoms with Crippen LogP contribution >= 0.6 is 11.6 Å². The number of benzene rings is 1. The highest BCUT2D eigenvalue weighted by Crippen LogP contribution is 2.33. The van der Waals surface area contributed by atoms with Crippen molar-refractivity contribution in [3.63, 3.8) is 0 Å². The Bertz CT molecular complexity index is 917. The van der Waals surface area contributed by atoms with Gasteiger partial charge in [0.15, 0.2) is 5.65 Å². The maximum Gasteiger partial charge on any atom is 0.157 e. The lowest BCUT2D eigenvalue weighted by Gasteiger charge is -2.26. The first-order valence-corrected chi connectivity index (χ1v) is 9.16. The molecule has 1 unspecified atom stereocenters. The molecule has 3 N–H and O–H groups in total. The zero-order chi connectivity index (χ0) is 18.9. The van der Waals surface area contributed by atoms with E-state index < -0.39 is 0 Å². The summed E-state index contributed by atoms with van der Waals surface area (Å²) in [4.78, 5) is 12.0. The summed E-state index contributed by atoms with van der Waals surface area (Å²) in [5.41, 5.74) is 9.48. The average Bonchev–Trinajstić information content (AvgIpc) is 2.92. The van der Waals surface area contributed by atoms with E-state index in [4.69, 9.17) is 22.1 Å². The molecule has 5 nitrogen and oxygen atoms in total. The number of nitrogens with one attached hydrogen (secondary N) is 1. The van der Waals surface area contributed by atoms with Gasteiger partial charge in [0.25, 0.3) is 0 Å². The van der Waals surface area contributed by atoms with Gasteiger partial charge >= 0.3 is 0 Å². The standard InChI is InChI=1S/C20H25ClN4O/c1-12(2)10-20(4,22)11-26-17-6-5-14(9-16(17)21)15-7-8-23-19-18(15)24-13(3)25-19/h5-9,12H,10-11,22H2,1-4H3,(H,23,24,25). The van der Waals surface area contributed by atoms with Gasteiger partial charge in [0.2, 0.25) is 0 Å². The van der Waals surface area contributed by atoms with Crippen LogP contribution in [0.3, 0.4) is 0 Å². The number of imidazole rings is 1. The van der Waals surface area contributed by atoms with Crippen LogP contribution < -0.4 is 10.5 Å². The first-order valence-electron chi connectivity index (χ1n) is 8.78. The smallest absolute Gasteiger partial charge is 0.157 e. The monoisotopic (exact) mass is 372 g/mol. The van der Waals surface area contributed by atoms with Gasteiger partial charge in [-0.1, -0.05) is 31.5 Å². The Labute approximate surface area is 158 Å². The third kappa shape index (κ3) is 4.17. The van der Waals surface area contributed by atoms with E-state index >= 15 is 0 Å². The average molecular weight is 373 g/mol. The number of pyridine rings is 1. The van der Waals surface area contributed by atoms with Crippen LogP contribution in [-0.2, 0) is 0 Å². The van der Waals surface area contributed by atoms with Gasteiger partial charge in [-0.15, -0.1) is 0 Å². The van der Waals surface area contributed by atoms with Gasteiger partial charge in [-0.3, -0.25) is 0 Å². The van der Waals surface area contributed by atoms with E-state index in [1.54, 1.807) is 6.20 Å². The van der Waals surface area contributed by atoms with E-state index in [1.807, 2.05) is 38.1 Å². The van der Waals surface area contributed by atoms with Crippen molar-refractivity contribution in [2.24, 2.45) is 11.7 Å². The van der Waals surface area contributed by atoms with E-state index in [0.717, 1.165) is 34.5 Å². The molecule has 6 heteroatoms. The predicted molar refractivity (Wildman–Crippen MR) is 107 cm³/mol. The maximum absolute atomic E-state index is 6.46. The van der Waals surface area contributed by atoms with Crippen molar-refractivity contribution >= 4 is 22.8 Å². The molecule has 0 bridgehead atoms. The molecule has 0 amide bonds. The number of nitrogens with two attached hydrogens (primary N) is 1. The van der Waals surface area contributed by atoms with E-state index in [0.29, 0.717) is 23.3 Å². The fourth-order valence-corrected chi connectivity index (χ4v) is 3.51. The van der Waals surface area contributed by atoms with Crippen molar-refractivity contribution in [2.45, 2.75) is 39.7 Å². The van der Waals surface area contributed by atoms with E-state index in [2.05, 4.69) is 28.8 Å². The number of aromatic nitrogens is 3. The highest BCUT2D eigenvalue weighted by Gasteiger charge is 2.21. The molecular weight excluding hydrogens is 348 g/mol. The van der Waals surface area contributed by atoms with E-state index in [-0.39, 0.29) is 5.54 Å². The van der Waals surface area contributed by atoms with Crippen molar-refractivity contribution in [2.75, 3.05) is 6.61 Å². The fraction of sp³-hybridized carbons (Fsp3) is 0.400. The summed E-state index contributed by atoms with van der Waals surface area (Å²) in [7, 11) is 0. The van der Waals surface area contributed by atoms with Gasteiger partial charge in [-0.05, 0) is 49.9 Å². The van der Waals surface area contributed by atoms with Crippen LogP contribution in [0.1, 0.15) is 33.0 Å². The molecule has 0 saturated carbocycles. The lowest BCUT2D eigenvalue weighted by Crippen LogP contribution is -2.43. The van der Waals surface area contributed by atoms with Gasteiger partial charge in [-0.25, -0.2) is 9.97 Å². The summed E-state index contributed by atoms with van der Waals surface area (Å²) in [6, 6.07) is 7.70. The Morgan fingerprint density at radius 3 is 2.77 bits per heavy atom. The normalized spacial score (nSPS) is 14.0. The topological polar surface area (TPSA) is 76.8 Å². The second-order valence-corrected chi connectivity index (χ2v) is 7.97. The number of hydrogen-bond acceptors (Lipinski definition) is 4. The van der Waals surface area contributed by atoms with Crippen LogP contribution in [0.4, 0.5) is 0 Å². The number of fused-ring (bicyclic) bond motifs is 1. The Kier molecular flexibility index (Phi) is 5.21. The molecule has 0 spiro atoms. The molecule has 0 aliphatic heterocycles. The number of halogens is 1. The number of ether oxygens (including phenoxy) is 1. The largest absolute Gasteiger partial charge is 0.490 e. The molecule has 1 atom stereocenters. The SMILES string of the molecule is Cc1nc2c(-c3ccc(OCC(C)(N)CC(C)C)c(Cl)c3)ccnc2[nH]1. The fourth-order valence-electron chi connectivity index (χ4n) is 3.28. The second-order valence-electron chi connectivity index (χ2n) is 7.56. The maximum atomic E-state index is 6.46. The van der Waals surface area contributed by atoms with Crippen LogP contribution in [0.25, 0.3) is 22.3 Å². The lowest BCUT2D eigenvalue weighted by atomic mass is 9.93. The van der Waals surface area contributed by atoms with Gasteiger partial charge in [0.05, 0.1) is 5.02 Å². The third-order valence-corrected chi connectivity index (χ3v) is 4.47. The molecule has 0 fully saturated rings. The first-order chi connectivity index (χ1) is 12.2. The number of hydrogen-bond donors (Lipinski definition) is 2. The van der Waals surface area contributed by atoms with Gasteiger partial charge < -0.3 is 15.5 Å². The van der Waals surface area contributed by atoms with Crippen molar-refractivity contribution in [1.82, 2.24) is 15.0 Å². The molecule has 0 aliphatic carbocycles. The minimum absolute atomic E-state index is 0.389. The van der Waals surface area contributed by atoms with Crippen LogP contribution in [0, 0.1) is 12.8 Å². The molecule has 3 rings (SSSR count). The number of aromatic amines is 1. The van der Waals surface area contributed by atoms with Crippen LogP contribution in [0.15, 0.2) is 30.5 Å². The summed E-state index contributed by atoms with van der Waals surface area (Å²) < 4.78 is 5.89. The zero-order valence-corrected chi connectivity index (χ0v) is 16.4. The molecule has 3 aromatic rings. The zero-order valence-electron chi connectivity index (χ0n) is 15.6. The molecule has 1 aromatic carbocycles. The summed E-state index contributed by atoms with van der Waals surface area (Å²) in [5.74, 6) is 1.98. The third-order valence-electron chi connectivity index (χ3n) is 4.18. The molecular formula is C20H25ClN4O. The molecule has 26 heavy (non-hydrogen) atoms. The number of H-pyrrole nitrogens is 1. The molecule has 0 radical (unpaired) electrons.